The summed E-state index contributed by atoms with van der Waals surface area (Å²) in [5.74, 6) is -1.57. The lowest BCUT2D eigenvalue weighted by atomic mass is 9.97. The molecule has 2 atom stereocenters. The van der Waals surface area contributed by atoms with Crippen molar-refractivity contribution in [3.05, 3.63) is 35.4 Å². The van der Waals surface area contributed by atoms with Crippen molar-refractivity contribution in [1.82, 2.24) is 18.8 Å². The molecule has 0 bridgehead atoms. The molecule has 0 aliphatic carbocycles. The SMILES string of the molecule is O=C(NCc1ccc(C(F)(F)F)cc1)[C@H]1CCCN1C(=O)[C@H]1CCCN(S(=O)(=O)N2CC(OC(F)(F)F)C2)C1. The topological polar surface area (TPSA) is 99.3 Å². The second-order valence-corrected chi connectivity index (χ2v) is 11.7. The van der Waals surface area contributed by atoms with Gasteiger partial charge in [0.1, 0.15) is 6.04 Å². The van der Waals surface area contributed by atoms with Crippen molar-refractivity contribution in [2.75, 3.05) is 32.7 Å². The molecule has 3 aliphatic rings. The van der Waals surface area contributed by atoms with Crippen LogP contribution in [0.3, 0.4) is 0 Å². The van der Waals surface area contributed by atoms with Crippen LogP contribution in [-0.2, 0) is 37.3 Å². The minimum Gasteiger partial charge on any atom is -0.350 e. The lowest BCUT2D eigenvalue weighted by Crippen LogP contribution is -2.61. The molecule has 1 N–H and O–H groups in total. The summed E-state index contributed by atoms with van der Waals surface area (Å²) >= 11 is 0. The van der Waals surface area contributed by atoms with Gasteiger partial charge in [-0.15, -0.1) is 13.2 Å². The fourth-order valence-corrected chi connectivity index (χ4v) is 6.79. The summed E-state index contributed by atoms with van der Waals surface area (Å²) in [4.78, 5) is 27.6. The molecule has 3 saturated heterocycles. The summed E-state index contributed by atoms with van der Waals surface area (Å²) in [5.41, 5.74) is -0.355. The maximum Gasteiger partial charge on any atom is 0.522 e. The van der Waals surface area contributed by atoms with Crippen LogP contribution in [0.1, 0.15) is 36.8 Å². The third-order valence-electron chi connectivity index (χ3n) is 7.09. The number of hydrogen-bond acceptors (Lipinski definition) is 5. The second-order valence-electron chi connectivity index (χ2n) is 9.81. The van der Waals surface area contributed by atoms with Gasteiger partial charge < -0.3 is 10.2 Å². The predicted molar refractivity (Wildman–Crippen MR) is 124 cm³/mol. The monoisotopic (exact) mass is 586 g/mol. The van der Waals surface area contributed by atoms with E-state index in [0.29, 0.717) is 37.8 Å². The first-order valence-electron chi connectivity index (χ1n) is 12.4. The number of ether oxygens (including phenoxy) is 1. The Kier molecular flexibility index (Phi) is 8.50. The predicted octanol–water partition coefficient (Wildman–Crippen LogP) is 2.49. The molecule has 0 radical (unpaired) electrons. The van der Waals surface area contributed by atoms with E-state index in [-0.39, 0.29) is 25.5 Å². The van der Waals surface area contributed by atoms with Crippen molar-refractivity contribution in [3.63, 3.8) is 0 Å². The Morgan fingerprint density at radius 3 is 2.18 bits per heavy atom. The quantitative estimate of drug-likeness (QED) is 0.496. The smallest absolute Gasteiger partial charge is 0.350 e. The molecule has 16 heteroatoms. The van der Waals surface area contributed by atoms with Crippen LogP contribution in [0.4, 0.5) is 26.3 Å². The van der Waals surface area contributed by atoms with Gasteiger partial charge in [0.25, 0.3) is 10.2 Å². The fourth-order valence-electron chi connectivity index (χ4n) is 5.03. The number of rotatable bonds is 7. The van der Waals surface area contributed by atoms with Crippen LogP contribution in [-0.4, -0.2) is 85.0 Å². The van der Waals surface area contributed by atoms with Crippen molar-refractivity contribution in [2.45, 2.75) is 56.9 Å². The van der Waals surface area contributed by atoms with Gasteiger partial charge >= 0.3 is 12.5 Å². The van der Waals surface area contributed by atoms with Crippen LogP contribution < -0.4 is 5.32 Å². The molecule has 0 unspecified atom stereocenters. The van der Waals surface area contributed by atoms with E-state index in [1.165, 1.54) is 17.0 Å². The molecule has 39 heavy (non-hydrogen) atoms. The average Bonchev–Trinajstić information content (AvgIpc) is 3.33. The van der Waals surface area contributed by atoms with Gasteiger partial charge in [0.2, 0.25) is 11.8 Å². The normalized spacial score (nSPS) is 24.0. The third kappa shape index (κ3) is 7.02. The number of nitrogens with zero attached hydrogens (tertiary/aromatic N) is 3. The molecule has 218 valence electrons. The highest BCUT2D eigenvalue weighted by Crippen LogP contribution is 2.31. The fraction of sp³-hybridized carbons (Fsp3) is 0.652. The van der Waals surface area contributed by atoms with Crippen molar-refractivity contribution >= 4 is 22.0 Å². The maximum atomic E-state index is 13.3. The maximum absolute atomic E-state index is 13.3. The second kappa shape index (κ2) is 11.2. The van der Waals surface area contributed by atoms with Crippen molar-refractivity contribution in [3.8, 4) is 0 Å². The van der Waals surface area contributed by atoms with Crippen molar-refractivity contribution in [1.29, 1.82) is 0 Å². The summed E-state index contributed by atoms with van der Waals surface area (Å²) in [5, 5.41) is 2.65. The van der Waals surface area contributed by atoms with Crippen LogP contribution in [0.5, 0.6) is 0 Å². The van der Waals surface area contributed by atoms with Crippen LogP contribution in [0.25, 0.3) is 0 Å². The molecular weight excluding hydrogens is 558 g/mol. The van der Waals surface area contributed by atoms with E-state index in [0.717, 1.165) is 20.7 Å². The summed E-state index contributed by atoms with van der Waals surface area (Å²) in [7, 11) is -4.09. The highest BCUT2D eigenvalue weighted by atomic mass is 32.2. The third-order valence-corrected chi connectivity index (χ3v) is 9.02. The zero-order chi connectivity index (χ0) is 28.6. The van der Waals surface area contributed by atoms with E-state index in [2.05, 4.69) is 10.1 Å². The van der Waals surface area contributed by atoms with E-state index < -0.39 is 65.4 Å². The lowest BCUT2D eigenvalue weighted by molar-refractivity contribution is -0.351. The Morgan fingerprint density at radius 1 is 0.923 bits per heavy atom. The number of amides is 2. The Bertz CT molecular complexity index is 1160. The summed E-state index contributed by atoms with van der Waals surface area (Å²) < 4.78 is 107. The molecule has 0 aromatic heterocycles. The molecule has 0 saturated carbocycles. The van der Waals surface area contributed by atoms with E-state index in [4.69, 9.17) is 0 Å². The summed E-state index contributed by atoms with van der Waals surface area (Å²) in [6.45, 7) is -0.652. The number of halogens is 6. The van der Waals surface area contributed by atoms with Crippen molar-refractivity contribution in [2.24, 2.45) is 5.92 Å². The number of carbonyl (C=O) groups excluding carboxylic acids is 2. The van der Waals surface area contributed by atoms with Gasteiger partial charge in [-0.3, -0.25) is 14.3 Å². The molecule has 1 aromatic carbocycles. The largest absolute Gasteiger partial charge is 0.522 e. The van der Waals surface area contributed by atoms with E-state index in [1.807, 2.05) is 0 Å². The molecular formula is C23H28F6N4O5S. The number of alkyl halides is 6. The zero-order valence-electron chi connectivity index (χ0n) is 20.7. The van der Waals surface area contributed by atoms with E-state index in [1.54, 1.807) is 0 Å². The number of likely N-dealkylation sites (tertiary alicyclic amines) is 1. The first-order chi connectivity index (χ1) is 18.1. The van der Waals surface area contributed by atoms with Gasteiger partial charge in [-0.1, -0.05) is 12.1 Å². The van der Waals surface area contributed by atoms with E-state index >= 15 is 0 Å². The summed E-state index contributed by atoms with van der Waals surface area (Å²) in [6, 6.07) is 3.55. The van der Waals surface area contributed by atoms with Crippen molar-refractivity contribution < 1.29 is 49.1 Å². The summed E-state index contributed by atoms with van der Waals surface area (Å²) in [6.07, 6.45) is -8.93. The number of nitrogens with one attached hydrogen (secondary N) is 1. The van der Waals surface area contributed by atoms with E-state index in [9.17, 15) is 44.3 Å². The Hall–Kier alpha value is -2.43. The first kappa shape index (κ1) is 29.6. The van der Waals surface area contributed by atoms with Gasteiger partial charge in [0.15, 0.2) is 0 Å². The Morgan fingerprint density at radius 2 is 1.56 bits per heavy atom. The standard InChI is InChI=1S/C23H28F6N4O5S/c24-22(25,26)17-7-5-15(6-8-17)11-30-20(34)19-4-2-10-33(19)21(35)16-3-1-9-31(12-16)39(36,37)32-13-18(14-32)38-23(27,28)29/h5-8,16,18-19H,1-4,9-14H2,(H,30,34)/t16-,19+/m0/s1. The molecule has 3 heterocycles. The minimum atomic E-state index is -4.86. The van der Waals surface area contributed by atoms with Gasteiger partial charge in [-0.05, 0) is 43.4 Å². The molecule has 1 aromatic rings. The van der Waals surface area contributed by atoms with Gasteiger partial charge in [0, 0.05) is 39.3 Å². The number of hydrogen-bond donors (Lipinski definition) is 1. The highest BCUT2D eigenvalue weighted by Gasteiger charge is 2.47. The number of carbonyl (C=O) groups is 2. The molecule has 3 aliphatic heterocycles. The van der Waals surface area contributed by atoms with Gasteiger partial charge in [-0.25, -0.2) is 0 Å². The van der Waals surface area contributed by atoms with Crippen LogP contribution in [0.2, 0.25) is 0 Å². The molecule has 0 spiro atoms. The Labute approximate surface area is 221 Å². The first-order valence-corrected chi connectivity index (χ1v) is 13.8. The van der Waals surface area contributed by atoms with Gasteiger partial charge in [-0.2, -0.15) is 30.2 Å². The highest BCUT2D eigenvalue weighted by molar-refractivity contribution is 7.86. The van der Waals surface area contributed by atoms with Crippen LogP contribution >= 0.6 is 0 Å². The molecule has 4 rings (SSSR count). The molecule has 3 fully saturated rings. The number of piperidine rings is 1. The zero-order valence-corrected chi connectivity index (χ0v) is 21.5. The average molecular weight is 587 g/mol. The minimum absolute atomic E-state index is 0.0279. The molecule has 2 amide bonds. The van der Waals surface area contributed by atoms with Crippen LogP contribution in [0.15, 0.2) is 24.3 Å². The van der Waals surface area contributed by atoms with Gasteiger partial charge in [0.05, 0.1) is 17.6 Å². The molecule has 9 nitrogen and oxygen atoms in total. The number of benzene rings is 1. The van der Waals surface area contributed by atoms with Crippen LogP contribution in [0, 0.1) is 5.92 Å². The lowest BCUT2D eigenvalue weighted by Gasteiger charge is -2.42. The Balaban J connectivity index is 1.32.